The van der Waals surface area contributed by atoms with Crippen molar-refractivity contribution in [3.8, 4) is 0 Å². The molecule has 2 heterocycles. The largest absolute Gasteiger partial charge is 0.480 e. The van der Waals surface area contributed by atoms with Crippen LogP contribution in [0.25, 0.3) is 10.9 Å². The Balaban J connectivity index is 1.21. The maximum absolute atomic E-state index is 12.9. The number of aromatic nitrogens is 3. The Morgan fingerprint density at radius 3 is 2.57 bits per heavy atom. The highest BCUT2D eigenvalue weighted by atomic mass is 16.4. The zero-order valence-electron chi connectivity index (χ0n) is 22.4. The number of unbranched alkanes of at least 4 members (excludes halogenated alkanes) is 4. The molecule has 1 aliphatic carbocycles. The summed E-state index contributed by atoms with van der Waals surface area (Å²) in [6.07, 6.45) is 13.0. The van der Waals surface area contributed by atoms with E-state index in [1.807, 2.05) is 10.7 Å². The van der Waals surface area contributed by atoms with Crippen molar-refractivity contribution in [2.45, 2.75) is 103 Å². The summed E-state index contributed by atoms with van der Waals surface area (Å²) in [6.45, 7) is 6.16. The molecule has 0 saturated carbocycles. The smallest absolute Gasteiger partial charge is 0.326 e. The maximum atomic E-state index is 12.9. The highest BCUT2D eigenvalue weighted by Crippen LogP contribution is 2.23. The van der Waals surface area contributed by atoms with Crippen LogP contribution in [-0.4, -0.2) is 37.8 Å². The Morgan fingerprint density at radius 1 is 1.03 bits per heavy atom. The van der Waals surface area contributed by atoms with E-state index in [4.69, 9.17) is 4.98 Å². The van der Waals surface area contributed by atoms with Crippen molar-refractivity contribution in [1.29, 1.82) is 0 Å². The minimum absolute atomic E-state index is 0.225. The molecule has 2 aromatic heterocycles. The first kappa shape index (κ1) is 26.8. The van der Waals surface area contributed by atoms with E-state index < -0.39 is 12.0 Å². The molecule has 0 spiro atoms. The number of nitrogens with zero attached hydrogens (tertiary/aromatic N) is 3. The molecule has 0 radical (unpaired) electrons. The number of nitrogens with one attached hydrogen (secondary N) is 1. The molecule has 1 unspecified atom stereocenters. The predicted octanol–water partition coefficient (Wildman–Crippen LogP) is 5.83. The lowest BCUT2D eigenvalue weighted by molar-refractivity contribution is -0.139. The fourth-order valence-corrected chi connectivity index (χ4v) is 5.14. The highest BCUT2D eigenvalue weighted by molar-refractivity contribution is 5.99. The number of aryl methyl sites for hydroxylation is 3. The van der Waals surface area contributed by atoms with Gasteiger partial charge in [0.25, 0.3) is 5.91 Å². The molecule has 1 amide bonds. The van der Waals surface area contributed by atoms with Crippen molar-refractivity contribution in [2.75, 3.05) is 0 Å². The summed E-state index contributed by atoms with van der Waals surface area (Å²) in [4.78, 5) is 29.5. The lowest BCUT2D eigenvalue weighted by Crippen LogP contribution is -2.40. The number of carboxylic acid groups (broad SMARTS) is 1. The van der Waals surface area contributed by atoms with Gasteiger partial charge in [-0.25, -0.2) is 4.79 Å². The summed E-state index contributed by atoms with van der Waals surface area (Å²) in [6, 6.07) is 8.92. The number of hydrogen-bond acceptors (Lipinski definition) is 4. The van der Waals surface area contributed by atoms with Crippen molar-refractivity contribution in [3.63, 3.8) is 0 Å². The van der Waals surface area contributed by atoms with Crippen LogP contribution in [-0.2, 0) is 29.6 Å². The molecule has 7 nitrogen and oxygen atoms in total. The monoisotopic (exact) mass is 504 g/mol. The van der Waals surface area contributed by atoms with Crippen LogP contribution < -0.4 is 5.32 Å². The van der Waals surface area contributed by atoms with Crippen LogP contribution >= 0.6 is 0 Å². The second kappa shape index (κ2) is 11.9. The first-order chi connectivity index (χ1) is 17.7. The molecule has 0 aliphatic heterocycles. The van der Waals surface area contributed by atoms with Crippen molar-refractivity contribution in [2.24, 2.45) is 0 Å². The standard InChI is InChI=1S/C30H40N4O3/c1-30(2,3)34-27-19-22(15-16-23(27)20-31-34)28(35)33-26(29(36)37)14-8-6-4-5-7-12-24-18-17-21-11-9-10-13-25(21)32-24/h15-20,26H,4-14H2,1-3H3,(H,33,35)(H,36,37). The molecule has 0 bridgehead atoms. The number of benzene rings is 1. The Kier molecular flexibility index (Phi) is 8.62. The number of carbonyl (C=O) groups excluding carboxylic acids is 1. The molecule has 37 heavy (non-hydrogen) atoms. The Hall–Kier alpha value is -3.22. The van der Waals surface area contributed by atoms with Gasteiger partial charge < -0.3 is 10.4 Å². The van der Waals surface area contributed by atoms with Gasteiger partial charge in [-0.15, -0.1) is 0 Å². The molecule has 2 N–H and O–H groups in total. The number of aliphatic carboxylic acids is 1. The number of fused-ring (bicyclic) bond motifs is 2. The summed E-state index contributed by atoms with van der Waals surface area (Å²) in [7, 11) is 0. The number of rotatable bonds is 11. The average molecular weight is 505 g/mol. The van der Waals surface area contributed by atoms with Gasteiger partial charge in [-0.05, 0) is 89.5 Å². The van der Waals surface area contributed by atoms with Crippen LogP contribution in [0, 0.1) is 0 Å². The van der Waals surface area contributed by atoms with E-state index in [0.29, 0.717) is 12.0 Å². The zero-order chi connectivity index (χ0) is 26.4. The van der Waals surface area contributed by atoms with Gasteiger partial charge in [0.05, 0.1) is 17.3 Å². The Labute approximate surface area is 219 Å². The molecule has 7 heteroatoms. The first-order valence-corrected chi connectivity index (χ1v) is 13.7. The Morgan fingerprint density at radius 2 is 1.78 bits per heavy atom. The van der Waals surface area contributed by atoms with Gasteiger partial charge in [0, 0.05) is 22.3 Å². The summed E-state index contributed by atoms with van der Waals surface area (Å²) in [5.74, 6) is -1.36. The molecule has 198 valence electrons. The lowest BCUT2D eigenvalue weighted by Gasteiger charge is -2.20. The minimum Gasteiger partial charge on any atom is -0.480 e. The number of carboxylic acids is 1. The lowest BCUT2D eigenvalue weighted by atomic mass is 9.95. The predicted molar refractivity (Wildman–Crippen MR) is 146 cm³/mol. The van der Waals surface area contributed by atoms with Gasteiger partial charge in [-0.3, -0.25) is 14.5 Å². The summed E-state index contributed by atoms with van der Waals surface area (Å²) in [5.41, 5.74) is 4.99. The Bertz CT molecular complexity index is 1240. The molecular weight excluding hydrogens is 464 g/mol. The van der Waals surface area contributed by atoms with Gasteiger partial charge >= 0.3 is 5.97 Å². The van der Waals surface area contributed by atoms with Crippen LogP contribution in [0.3, 0.4) is 0 Å². The second-order valence-electron chi connectivity index (χ2n) is 11.3. The molecule has 4 rings (SSSR count). The van der Waals surface area contributed by atoms with E-state index in [2.05, 4.69) is 43.3 Å². The van der Waals surface area contributed by atoms with Crippen LogP contribution in [0.15, 0.2) is 36.5 Å². The third-order valence-electron chi connectivity index (χ3n) is 7.23. The molecule has 1 atom stereocenters. The van der Waals surface area contributed by atoms with Gasteiger partial charge in [-0.1, -0.05) is 37.8 Å². The van der Waals surface area contributed by atoms with E-state index >= 15 is 0 Å². The normalized spacial score (nSPS) is 14.4. The topological polar surface area (TPSA) is 97.1 Å². The number of amides is 1. The van der Waals surface area contributed by atoms with Gasteiger partial charge in [0.2, 0.25) is 0 Å². The van der Waals surface area contributed by atoms with Gasteiger partial charge in [0.15, 0.2) is 0 Å². The molecule has 1 aromatic carbocycles. The SMILES string of the molecule is CC(C)(C)n1ncc2ccc(C(=O)NC(CCCCCCCc3ccc4c(n3)CCCC4)C(=O)O)cc21. The third kappa shape index (κ3) is 6.96. The number of pyridine rings is 1. The molecule has 1 aliphatic rings. The van der Waals surface area contributed by atoms with Crippen LogP contribution in [0.1, 0.15) is 99.4 Å². The van der Waals surface area contributed by atoms with E-state index in [9.17, 15) is 14.7 Å². The van der Waals surface area contributed by atoms with Crippen molar-refractivity contribution < 1.29 is 14.7 Å². The summed E-state index contributed by atoms with van der Waals surface area (Å²) < 4.78 is 1.88. The first-order valence-electron chi connectivity index (χ1n) is 13.7. The van der Waals surface area contributed by atoms with E-state index in [0.717, 1.165) is 55.8 Å². The minimum atomic E-state index is -0.993. The fourth-order valence-electron chi connectivity index (χ4n) is 5.14. The quantitative estimate of drug-likeness (QED) is 0.320. The third-order valence-corrected chi connectivity index (χ3v) is 7.23. The number of hydrogen-bond donors (Lipinski definition) is 2. The van der Waals surface area contributed by atoms with Crippen LogP contribution in [0.2, 0.25) is 0 Å². The van der Waals surface area contributed by atoms with Crippen molar-refractivity contribution in [3.05, 3.63) is 59.0 Å². The molecule has 0 saturated heterocycles. The average Bonchev–Trinajstić information content (AvgIpc) is 3.31. The van der Waals surface area contributed by atoms with Crippen molar-refractivity contribution >= 4 is 22.8 Å². The molecular formula is C30H40N4O3. The van der Waals surface area contributed by atoms with Crippen LogP contribution in [0.4, 0.5) is 0 Å². The zero-order valence-corrected chi connectivity index (χ0v) is 22.4. The fraction of sp³-hybridized carbons (Fsp3) is 0.533. The molecule has 3 aromatic rings. The summed E-state index contributed by atoms with van der Waals surface area (Å²) >= 11 is 0. The highest BCUT2D eigenvalue weighted by Gasteiger charge is 2.22. The van der Waals surface area contributed by atoms with Gasteiger partial charge in [0.1, 0.15) is 6.04 Å². The van der Waals surface area contributed by atoms with E-state index in [1.54, 1.807) is 18.3 Å². The van der Waals surface area contributed by atoms with E-state index in [1.165, 1.54) is 36.2 Å². The van der Waals surface area contributed by atoms with E-state index in [-0.39, 0.29) is 11.4 Å². The maximum Gasteiger partial charge on any atom is 0.326 e. The van der Waals surface area contributed by atoms with Gasteiger partial charge in [-0.2, -0.15) is 5.10 Å². The second-order valence-corrected chi connectivity index (χ2v) is 11.3. The van der Waals surface area contributed by atoms with Crippen LogP contribution in [0.5, 0.6) is 0 Å². The molecule has 0 fully saturated rings. The van der Waals surface area contributed by atoms with Crippen molar-refractivity contribution in [1.82, 2.24) is 20.1 Å². The summed E-state index contributed by atoms with van der Waals surface area (Å²) in [5, 5.41) is 17.8. The number of carbonyl (C=O) groups is 2.